The van der Waals surface area contributed by atoms with Crippen molar-refractivity contribution in [3.8, 4) is 6.07 Å². The Morgan fingerprint density at radius 2 is 0.731 bits per heavy atom. The quantitative estimate of drug-likeness (QED) is 0.163. The summed E-state index contributed by atoms with van der Waals surface area (Å²) in [5.74, 6) is 22.8. The maximum atomic E-state index is 12.1. The normalized spacial score (nSPS) is 33.0. The molecule has 14 fully saturated rings. The van der Waals surface area contributed by atoms with Crippen molar-refractivity contribution in [1.82, 2.24) is 0 Å². The van der Waals surface area contributed by atoms with Crippen LogP contribution >= 0.6 is 0 Å². The molecule has 0 aromatic carbocycles. The lowest BCUT2D eigenvalue weighted by Crippen LogP contribution is -2.48. The highest BCUT2D eigenvalue weighted by atomic mass is 19.3. The maximum Gasteiger partial charge on any atom is 0.248 e. The van der Waals surface area contributed by atoms with Crippen molar-refractivity contribution in [2.75, 3.05) is 0 Å². The molecule has 108 heavy (non-hydrogen) atoms. The standard InChI is InChI=1S/C13H22.C12H22O.2C11H22.C10H17N.C9H15N.C8H13N.C8H16.C7H12F2.C7H14.C6H12/c1-9(2)13-6-10-3-11(7-13)5-12(4-10)8-13;1-9(2)12-7-5-4-6-11(12)8-10(3)13;1-8(2)11-9(3)6-5-7-10(11)4;1-4-10-7-5-6-8-11(10)9(2)3;1-8(2)10-6-4-3-5-9(10)7-11;1-7(2)8-5-4-6-9(8)10-3;1-6(2)7-4-5-8(7)9-3;1-7(2)8-5-3-4-6-8;1-5(2)6-3-7(8,9)4-6;1-6(2)7-4-3-5-7;1-5(2)6-3-4-6/h9-12H,3-8H2,1-2H3;9,11-12H,4-8H2,1-3H3;8-11H,5-7H2,1-4H3;9-11H,4-8H2,1-3H3;8-10H,3-6H2,1-2H3;7-9H,4-6H2,1-2H3;6-8H,4-5H2,1-2H3;7-8H,3-6H2,1-2H3;5-6H,3-4H2,1-2H3;6-7H,3-5H2,1-2H3;5-6H,3-4H2,1-2H3. The van der Waals surface area contributed by atoms with E-state index < -0.39 is 5.92 Å². The van der Waals surface area contributed by atoms with Gasteiger partial charge in [-0.1, -0.05) is 289 Å². The average Bonchev–Trinajstić information content (AvgIpc) is 0.872. The minimum absolute atomic E-state index is 0.116. The molecule has 0 spiro atoms. The first-order chi connectivity index (χ1) is 50.9. The lowest BCUT2D eigenvalue weighted by Gasteiger charge is -2.58. The number of Topliss-reactive ketones (excluding diaryl/α,β-unsaturated/α-hetero) is 1. The molecule has 6 heteroatoms. The van der Waals surface area contributed by atoms with Crippen LogP contribution in [-0.4, -0.2) is 23.8 Å². The van der Waals surface area contributed by atoms with E-state index in [2.05, 4.69) is 175 Å². The largest absolute Gasteiger partial charge is 0.313 e. The van der Waals surface area contributed by atoms with Crippen LogP contribution in [0.2, 0.25) is 0 Å². The third-order valence-electron chi connectivity index (χ3n) is 31.2. The molecule has 0 saturated heterocycles. The van der Waals surface area contributed by atoms with Crippen LogP contribution in [0.3, 0.4) is 0 Å². The van der Waals surface area contributed by atoms with Crippen LogP contribution < -0.4 is 0 Å². The number of halogens is 2. The van der Waals surface area contributed by atoms with Crippen molar-refractivity contribution in [3.05, 3.63) is 22.8 Å². The van der Waals surface area contributed by atoms with E-state index in [4.69, 9.17) is 18.4 Å². The summed E-state index contributed by atoms with van der Waals surface area (Å²) in [6, 6.07) is 3.15. The fourth-order valence-electron chi connectivity index (χ4n) is 23.4. The molecule has 14 aliphatic carbocycles. The van der Waals surface area contributed by atoms with Gasteiger partial charge in [0.05, 0.1) is 6.07 Å². The maximum absolute atomic E-state index is 12.1. The second kappa shape index (κ2) is 51.8. The molecule has 14 rings (SSSR count). The zero-order valence-corrected chi connectivity index (χ0v) is 77.0. The molecule has 0 radical (unpaired) electrons. The second-order valence-corrected chi connectivity index (χ2v) is 43.1. The molecule has 4 nitrogen and oxygen atoms in total. The molecule has 12 atom stereocenters. The Hall–Kier alpha value is -2.00. The summed E-state index contributed by atoms with van der Waals surface area (Å²) in [6.45, 7) is 73.0. The number of nitriles is 1. The topological polar surface area (TPSA) is 49.6 Å². The van der Waals surface area contributed by atoms with Crippen LogP contribution in [0.25, 0.3) is 9.69 Å². The van der Waals surface area contributed by atoms with Gasteiger partial charge in [0.15, 0.2) is 0 Å². The molecule has 12 unspecified atom stereocenters. The number of alkyl halides is 2. The molecule has 4 bridgehead atoms. The van der Waals surface area contributed by atoms with Gasteiger partial charge in [-0.05, 0) is 269 Å². The van der Waals surface area contributed by atoms with Gasteiger partial charge >= 0.3 is 0 Å². The van der Waals surface area contributed by atoms with Crippen LogP contribution in [0, 0.1) is 202 Å². The molecular weight excluding hydrogens is 1320 g/mol. The number of rotatable bonds is 14. The average molecular weight is 1510 g/mol. The van der Waals surface area contributed by atoms with Crippen LogP contribution in [0.5, 0.6) is 0 Å². The first-order valence-electron chi connectivity index (χ1n) is 47.9. The summed E-state index contributed by atoms with van der Waals surface area (Å²) in [6.07, 6.45) is 52.3. The molecule has 0 aromatic rings. The van der Waals surface area contributed by atoms with E-state index in [-0.39, 0.29) is 18.8 Å². The number of carbonyl (C=O) groups is 1. The Morgan fingerprint density at radius 3 is 0.991 bits per heavy atom. The van der Waals surface area contributed by atoms with E-state index in [1.165, 1.54) is 173 Å². The van der Waals surface area contributed by atoms with Gasteiger partial charge in [-0.3, -0.25) is 0 Å². The van der Waals surface area contributed by atoms with Crippen LogP contribution in [0.4, 0.5) is 8.78 Å². The number of carbonyl (C=O) groups excluding carboxylic acids is 1. The molecule has 0 aliphatic heterocycles. The lowest BCUT2D eigenvalue weighted by atomic mass is 9.47. The lowest BCUT2D eigenvalue weighted by molar-refractivity contribution is -0.122. The van der Waals surface area contributed by atoms with Crippen molar-refractivity contribution in [3.63, 3.8) is 0 Å². The Kier molecular flexibility index (Phi) is 48.1. The Bertz CT molecular complexity index is 2400. The number of ketones is 1. The third-order valence-corrected chi connectivity index (χ3v) is 31.2. The summed E-state index contributed by atoms with van der Waals surface area (Å²) in [5, 5.41) is 8.86. The van der Waals surface area contributed by atoms with E-state index in [0.717, 1.165) is 149 Å². The van der Waals surface area contributed by atoms with Crippen LogP contribution in [0.15, 0.2) is 0 Å². The first kappa shape index (κ1) is 100. The molecular formula is C102H187F2N3O. The number of nitrogens with zero attached hydrogens (tertiary/aromatic N) is 3. The SMILES string of the molecule is CC(=O)CC1CCCCC1C(C)C.CC(C)C12CC3CC(CC(C3)C1)C2.CC(C)C1C(C)CCCC1C.CC(C)C1CC(F)(F)C1.CC(C)C1CC1.CC(C)C1CCC1.CC(C)C1CCCC1.CC(C)C1CCCCC1C#N.CCC1CCCCC1C(C)C.[C-]#[N+]C1CCC1C(C)C.[C-]#[N+]C1CCCC1C(C)C. The zero-order chi connectivity index (χ0) is 81.2. The van der Waals surface area contributed by atoms with Gasteiger partial charge in [-0.15, -0.1) is 0 Å². The van der Waals surface area contributed by atoms with Crippen molar-refractivity contribution in [2.45, 2.75) is 448 Å². The van der Waals surface area contributed by atoms with E-state index in [9.17, 15) is 13.6 Å². The molecule has 14 saturated carbocycles. The van der Waals surface area contributed by atoms with Crippen molar-refractivity contribution >= 4 is 5.78 Å². The summed E-state index contributed by atoms with van der Waals surface area (Å²) in [5.41, 5.74) is 0.800. The Balaban J connectivity index is 0.000000310. The van der Waals surface area contributed by atoms with Gasteiger partial charge in [-0.25, -0.2) is 21.9 Å². The summed E-state index contributed by atoms with van der Waals surface area (Å²) < 4.78 is 24.3. The Morgan fingerprint density at radius 1 is 0.389 bits per heavy atom. The molecule has 0 aromatic heterocycles. The smallest absolute Gasteiger partial charge is 0.248 e. The fourth-order valence-corrected chi connectivity index (χ4v) is 23.4. The van der Waals surface area contributed by atoms with Crippen molar-refractivity contribution < 1.29 is 13.6 Å². The minimum Gasteiger partial charge on any atom is -0.313 e. The monoisotopic (exact) mass is 1510 g/mol. The highest BCUT2D eigenvalue weighted by Gasteiger charge is 2.52. The van der Waals surface area contributed by atoms with Gasteiger partial charge in [0, 0.05) is 49.9 Å². The van der Waals surface area contributed by atoms with Gasteiger partial charge in [0.25, 0.3) is 0 Å². The number of hydrogen-bond acceptors (Lipinski definition) is 2. The highest BCUT2D eigenvalue weighted by Crippen LogP contribution is 2.63. The summed E-state index contributed by atoms with van der Waals surface area (Å²) in [7, 11) is 0. The predicted molar refractivity (Wildman–Crippen MR) is 468 cm³/mol. The second-order valence-electron chi connectivity index (χ2n) is 43.1. The van der Waals surface area contributed by atoms with Crippen molar-refractivity contribution in [2.24, 2.45) is 177 Å². The summed E-state index contributed by atoms with van der Waals surface area (Å²) >= 11 is 0. The minimum atomic E-state index is -2.32. The Labute approximate surface area is 675 Å². The summed E-state index contributed by atoms with van der Waals surface area (Å²) in [4.78, 5) is 18.3. The fraction of sp³-hybridized carbons (Fsp3) is 0.961. The van der Waals surface area contributed by atoms with Crippen molar-refractivity contribution in [1.29, 1.82) is 5.26 Å². The highest BCUT2D eigenvalue weighted by molar-refractivity contribution is 5.75. The molecule has 0 N–H and O–H groups in total. The van der Waals surface area contributed by atoms with Gasteiger partial charge in [0.1, 0.15) is 5.78 Å². The van der Waals surface area contributed by atoms with Gasteiger partial charge in [0.2, 0.25) is 18.0 Å². The van der Waals surface area contributed by atoms with E-state index >= 15 is 0 Å². The van der Waals surface area contributed by atoms with Crippen LogP contribution in [-0.2, 0) is 4.79 Å². The van der Waals surface area contributed by atoms with Gasteiger partial charge in [-0.2, -0.15) is 5.26 Å². The predicted octanol–water partition coefficient (Wildman–Crippen LogP) is 32.9. The number of hydrogen-bond donors (Lipinski definition) is 0. The van der Waals surface area contributed by atoms with Crippen LogP contribution in [0.1, 0.15) is 430 Å². The molecule has 0 amide bonds. The first-order valence-corrected chi connectivity index (χ1v) is 47.9. The van der Waals surface area contributed by atoms with E-state index in [0.29, 0.717) is 65.2 Å². The van der Waals surface area contributed by atoms with E-state index in [1.54, 1.807) is 45.4 Å². The van der Waals surface area contributed by atoms with E-state index in [1.807, 2.05) is 13.8 Å². The molecule has 14 aliphatic rings. The zero-order valence-electron chi connectivity index (χ0n) is 77.0. The third kappa shape index (κ3) is 36.0. The molecule has 0 heterocycles. The molecule has 630 valence electrons. The van der Waals surface area contributed by atoms with Gasteiger partial charge < -0.3 is 14.5 Å².